The van der Waals surface area contributed by atoms with Gasteiger partial charge in [0, 0.05) is 31.0 Å². The van der Waals surface area contributed by atoms with Crippen LogP contribution in [0.25, 0.3) is 11.0 Å². The second kappa shape index (κ2) is 8.48. The molecular formula is C23H25NO4. The molecule has 1 aromatic heterocycles. The van der Waals surface area contributed by atoms with Gasteiger partial charge in [-0.3, -0.25) is 4.79 Å². The minimum atomic E-state index is -0.147. The summed E-state index contributed by atoms with van der Waals surface area (Å²) in [6.07, 6.45) is 4.44. The van der Waals surface area contributed by atoms with Crippen molar-refractivity contribution in [3.8, 4) is 5.75 Å². The van der Waals surface area contributed by atoms with Crippen LogP contribution >= 0.6 is 0 Å². The number of ether oxygens (including phenoxy) is 2. The van der Waals surface area contributed by atoms with Crippen LogP contribution in [-0.2, 0) is 35.5 Å². The van der Waals surface area contributed by atoms with Crippen molar-refractivity contribution in [2.45, 2.75) is 38.8 Å². The van der Waals surface area contributed by atoms with Crippen LogP contribution in [0.5, 0.6) is 5.75 Å². The molecule has 2 aromatic carbocycles. The average molecular weight is 379 g/mol. The highest BCUT2D eigenvalue weighted by Crippen LogP contribution is 2.33. The summed E-state index contributed by atoms with van der Waals surface area (Å²) >= 11 is 0. The standard InChI is InChI=1S/C23H25NO4/c1-26-14-17-6-4-5-16(11-17)13-24-23(25)15-27-18-9-10-22-20(12-18)19-7-2-3-8-21(19)28-22/h4-6,9-12H,2-3,7-8,13-15H2,1H3,(H,24,25). The summed E-state index contributed by atoms with van der Waals surface area (Å²) < 4.78 is 16.8. The lowest BCUT2D eigenvalue weighted by Crippen LogP contribution is -2.28. The number of methoxy groups -OCH3 is 1. The fourth-order valence-corrected chi connectivity index (χ4v) is 3.73. The summed E-state index contributed by atoms with van der Waals surface area (Å²) in [6.45, 7) is 1.02. The molecule has 3 aromatic rings. The molecule has 1 amide bonds. The highest BCUT2D eigenvalue weighted by Gasteiger charge is 2.18. The van der Waals surface area contributed by atoms with Gasteiger partial charge in [-0.15, -0.1) is 0 Å². The Kier molecular flexibility index (Phi) is 5.63. The zero-order valence-corrected chi connectivity index (χ0v) is 16.1. The van der Waals surface area contributed by atoms with Crippen LogP contribution in [0.4, 0.5) is 0 Å². The first kappa shape index (κ1) is 18.6. The minimum Gasteiger partial charge on any atom is -0.484 e. The maximum atomic E-state index is 12.2. The van der Waals surface area contributed by atoms with Gasteiger partial charge in [0.1, 0.15) is 17.1 Å². The molecule has 0 bridgehead atoms. The molecule has 28 heavy (non-hydrogen) atoms. The van der Waals surface area contributed by atoms with Crippen LogP contribution in [-0.4, -0.2) is 19.6 Å². The quantitative estimate of drug-likeness (QED) is 0.670. The van der Waals surface area contributed by atoms with Crippen molar-refractivity contribution in [3.05, 3.63) is 64.9 Å². The molecule has 0 spiro atoms. The molecule has 1 aliphatic rings. The number of carbonyl (C=O) groups excluding carboxylic acids is 1. The molecule has 0 aliphatic heterocycles. The minimum absolute atomic E-state index is 0.0106. The SMILES string of the molecule is COCc1cccc(CNC(=O)COc2ccc3oc4c(c3c2)CCCC4)c1. The van der Waals surface area contributed by atoms with E-state index in [1.54, 1.807) is 7.11 Å². The summed E-state index contributed by atoms with van der Waals surface area (Å²) in [5.41, 5.74) is 4.32. The molecule has 0 atom stereocenters. The monoisotopic (exact) mass is 379 g/mol. The summed E-state index contributed by atoms with van der Waals surface area (Å²) in [4.78, 5) is 12.2. The third-order valence-corrected chi connectivity index (χ3v) is 5.09. The molecule has 0 unspecified atom stereocenters. The predicted molar refractivity (Wildman–Crippen MR) is 107 cm³/mol. The Morgan fingerprint density at radius 2 is 1.96 bits per heavy atom. The normalized spacial score (nSPS) is 13.3. The molecule has 5 nitrogen and oxygen atoms in total. The summed E-state index contributed by atoms with van der Waals surface area (Å²) in [7, 11) is 1.67. The maximum absolute atomic E-state index is 12.2. The number of amides is 1. The third-order valence-electron chi connectivity index (χ3n) is 5.09. The number of hydrogen-bond donors (Lipinski definition) is 1. The van der Waals surface area contributed by atoms with E-state index in [1.807, 2.05) is 42.5 Å². The number of carbonyl (C=O) groups is 1. The number of rotatable bonds is 7. The fraction of sp³-hybridized carbons (Fsp3) is 0.348. The summed E-state index contributed by atoms with van der Waals surface area (Å²) in [6, 6.07) is 13.8. The Morgan fingerprint density at radius 3 is 2.86 bits per heavy atom. The van der Waals surface area contributed by atoms with E-state index < -0.39 is 0 Å². The highest BCUT2D eigenvalue weighted by molar-refractivity contribution is 5.84. The number of furan rings is 1. The van der Waals surface area contributed by atoms with Crippen molar-refractivity contribution in [2.75, 3.05) is 13.7 Å². The molecule has 4 rings (SSSR count). The first-order valence-electron chi connectivity index (χ1n) is 9.73. The van der Waals surface area contributed by atoms with Crippen molar-refractivity contribution >= 4 is 16.9 Å². The number of fused-ring (bicyclic) bond motifs is 3. The van der Waals surface area contributed by atoms with Crippen molar-refractivity contribution in [1.82, 2.24) is 5.32 Å². The van der Waals surface area contributed by atoms with Crippen LogP contribution in [0.1, 0.15) is 35.3 Å². The molecule has 0 saturated carbocycles. The predicted octanol–water partition coefficient (Wildman–Crippen LogP) is 4.15. The van der Waals surface area contributed by atoms with Gasteiger partial charge in [-0.05, 0) is 48.6 Å². The molecule has 1 N–H and O–H groups in total. The molecule has 146 valence electrons. The average Bonchev–Trinajstić information content (AvgIpc) is 3.09. The van der Waals surface area contributed by atoms with E-state index in [-0.39, 0.29) is 12.5 Å². The molecule has 1 heterocycles. The van der Waals surface area contributed by atoms with Gasteiger partial charge in [-0.2, -0.15) is 0 Å². The van der Waals surface area contributed by atoms with Crippen LogP contribution in [0.3, 0.4) is 0 Å². The Bertz CT molecular complexity index is 976. The van der Waals surface area contributed by atoms with Crippen molar-refractivity contribution < 1.29 is 18.7 Å². The van der Waals surface area contributed by atoms with E-state index in [9.17, 15) is 4.79 Å². The topological polar surface area (TPSA) is 60.7 Å². The van der Waals surface area contributed by atoms with Crippen molar-refractivity contribution in [1.29, 1.82) is 0 Å². The number of benzene rings is 2. The second-order valence-electron chi connectivity index (χ2n) is 7.19. The van der Waals surface area contributed by atoms with Crippen LogP contribution in [0.15, 0.2) is 46.9 Å². The fourth-order valence-electron chi connectivity index (χ4n) is 3.73. The van der Waals surface area contributed by atoms with Gasteiger partial charge in [0.15, 0.2) is 6.61 Å². The van der Waals surface area contributed by atoms with Gasteiger partial charge in [0.05, 0.1) is 6.61 Å². The largest absolute Gasteiger partial charge is 0.484 e. The van der Waals surface area contributed by atoms with Gasteiger partial charge in [0.25, 0.3) is 5.91 Å². The van der Waals surface area contributed by atoms with E-state index in [1.165, 1.54) is 18.4 Å². The molecule has 0 radical (unpaired) electrons. The van der Waals surface area contributed by atoms with Crippen LogP contribution in [0.2, 0.25) is 0 Å². The van der Waals surface area contributed by atoms with E-state index in [2.05, 4.69) is 5.32 Å². The Balaban J connectivity index is 1.34. The number of nitrogens with one attached hydrogen (secondary N) is 1. The Morgan fingerprint density at radius 1 is 1.11 bits per heavy atom. The van der Waals surface area contributed by atoms with Crippen molar-refractivity contribution in [3.63, 3.8) is 0 Å². The van der Waals surface area contributed by atoms with Gasteiger partial charge in [0.2, 0.25) is 0 Å². The lowest BCUT2D eigenvalue weighted by molar-refractivity contribution is -0.123. The molecule has 5 heteroatoms. The van der Waals surface area contributed by atoms with E-state index in [0.717, 1.165) is 40.7 Å². The van der Waals surface area contributed by atoms with Crippen LogP contribution in [0, 0.1) is 0 Å². The molecular weight excluding hydrogens is 354 g/mol. The summed E-state index contributed by atoms with van der Waals surface area (Å²) in [5.74, 6) is 1.65. The first-order chi connectivity index (χ1) is 13.7. The zero-order valence-electron chi connectivity index (χ0n) is 16.1. The molecule has 1 aliphatic carbocycles. The van der Waals surface area contributed by atoms with Crippen molar-refractivity contribution in [2.24, 2.45) is 0 Å². The van der Waals surface area contributed by atoms with Gasteiger partial charge in [-0.1, -0.05) is 24.3 Å². The van der Waals surface area contributed by atoms with E-state index in [0.29, 0.717) is 18.9 Å². The lowest BCUT2D eigenvalue weighted by Gasteiger charge is -2.10. The summed E-state index contributed by atoms with van der Waals surface area (Å²) in [5, 5.41) is 4.01. The third kappa shape index (κ3) is 4.20. The van der Waals surface area contributed by atoms with Gasteiger partial charge in [-0.25, -0.2) is 0 Å². The second-order valence-corrected chi connectivity index (χ2v) is 7.19. The Hall–Kier alpha value is -2.79. The first-order valence-corrected chi connectivity index (χ1v) is 9.73. The molecule has 0 saturated heterocycles. The molecule has 0 fully saturated rings. The van der Waals surface area contributed by atoms with Gasteiger partial charge < -0.3 is 19.2 Å². The van der Waals surface area contributed by atoms with Crippen LogP contribution < -0.4 is 10.1 Å². The highest BCUT2D eigenvalue weighted by atomic mass is 16.5. The lowest BCUT2D eigenvalue weighted by atomic mass is 9.96. The number of hydrogen-bond acceptors (Lipinski definition) is 4. The van der Waals surface area contributed by atoms with E-state index in [4.69, 9.17) is 13.9 Å². The number of aryl methyl sites for hydroxylation is 2. The zero-order chi connectivity index (χ0) is 19.3. The smallest absolute Gasteiger partial charge is 0.258 e. The van der Waals surface area contributed by atoms with E-state index >= 15 is 0 Å². The Labute approximate surface area is 164 Å². The maximum Gasteiger partial charge on any atom is 0.258 e. The van der Waals surface area contributed by atoms with Gasteiger partial charge >= 0.3 is 0 Å².